The molecule has 0 saturated carbocycles. The van der Waals surface area contributed by atoms with Gasteiger partial charge in [-0.3, -0.25) is 14.5 Å². The smallest absolute Gasteiger partial charge is 0.319 e. The Kier molecular flexibility index (Phi) is 6.06. The van der Waals surface area contributed by atoms with Crippen molar-refractivity contribution in [3.05, 3.63) is 27.8 Å². The fourth-order valence-electron chi connectivity index (χ4n) is 1.35. The van der Waals surface area contributed by atoms with Crippen LogP contribution in [0.15, 0.2) is 24.3 Å². The van der Waals surface area contributed by atoms with Gasteiger partial charge in [0.15, 0.2) is 0 Å². The van der Waals surface area contributed by atoms with Crippen molar-refractivity contribution in [2.24, 2.45) is 0 Å². The molecule has 5 nitrogen and oxygen atoms in total. The van der Waals surface area contributed by atoms with Gasteiger partial charge in [-0.25, -0.2) is 0 Å². The second-order valence-electron chi connectivity index (χ2n) is 3.81. The van der Waals surface area contributed by atoms with Gasteiger partial charge >= 0.3 is 5.97 Å². The van der Waals surface area contributed by atoms with Crippen LogP contribution in [0.5, 0.6) is 0 Å². The molecule has 0 aliphatic heterocycles. The SMILES string of the molecule is COC(=O)CN(C)CC(=O)Nc1cccc(I)c1. The van der Waals surface area contributed by atoms with Crippen LogP contribution < -0.4 is 5.32 Å². The molecular weight excluding hydrogens is 347 g/mol. The van der Waals surface area contributed by atoms with Gasteiger partial charge in [-0.05, 0) is 47.8 Å². The van der Waals surface area contributed by atoms with Gasteiger partial charge in [-0.15, -0.1) is 0 Å². The van der Waals surface area contributed by atoms with E-state index in [-0.39, 0.29) is 25.0 Å². The molecule has 1 rings (SSSR count). The number of ether oxygens (including phenoxy) is 1. The van der Waals surface area contributed by atoms with Gasteiger partial charge in [0.05, 0.1) is 20.2 Å². The van der Waals surface area contributed by atoms with E-state index < -0.39 is 0 Å². The van der Waals surface area contributed by atoms with Crippen LogP contribution in [0, 0.1) is 3.57 Å². The molecule has 0 atom stereocenters. The molecule has 0 bridgehead atoms. The van der Waals surface area contributed by atoms with E-state index in [9.17, 15) is 9.59 Å². The first-order valence-corrected chi connectivity index (χ1v) is 6.40. The maximum atomic E-state index is 11.7. The third-order valence-corrected chi connectivity index (χ3v) is 2.82. The van der Waals surface area contributed by atoms with Crippen molar-refractivity contribution in [1.82, 2.24) is 4.90 Å². The monoisotopic (exact) mass is 362 g/mol. The molecule has 1 N–H and O–H groups in total. The molecule has 1 aromatic carbocycles. The van der Waals surface area contributed by atoms with E-state index in [4.69, 9.17) is 0 Å². The van der Waals surface area contributed by atoms with E-state index >= 15 is 0 Å². The van der Waals surface area contributed by atoms with Gasteiger partial charge in [0.2, 0.25) is 5.91 Å². The van der Waals surface area contributed by atoms with E-state index in [0.29, 0.717) is 0 Å². The standard InChI is InChI=1S/C12H15IN2O3/c1-15(8-12(17)18-2)7-11(16)14-10-5-3-4-9(13)6-10/h3-6H,7-8H2,1-2H3,(H,14,16). The normalized spacial score (nSPS) is 10.2. The first-order valence-electron chi connectivity index (χ1n) is 5.32. The van der Waals surface area contributed by atoms with Crippen LogP contribution in [0.2, 0.25) is 0 Å². The number of esters is 1. The zero-order valence-corrected chi connectivity index (χ0v) is 12.4. The molecule has 0 unspecified atom stereocenters. The highest BCUT2D eigenvalue weighted by atomic mass is 127. The summed E-state index contributed by atoms with van der Waals surface area (Å²) in [6.07, 6.45) is 0. The van der Waals surface area contributed by atoms with Crippen LogP contribution >= 0.6 is 22.6 Å². The summed E-state index contributed by atoms with van der Waals surface area (Å²) in [6.45, 7) is 0.233. The average Bonchev–Trinajstić information content (AvgIpc) is 2.28. The maximum absolute atomic E-state index is 11.7. The summed E-state index contributed by atoms with van der Waals surface area (Å²) in [7, 11) is 3.01. The third-order valence-electron chi connectivity index (χ3n) is 2.15. The summed E-state index contributed by atoms with van der Waals surface area (Å²) < 4.78 is 5.57. The molecule has 0 aromatic heterocycles. The van der Waals surface area contributed by atoms with Crippen LogP contribution in [0.4, 0.5) is 5.69 Å². The molecule has 18 heavy (non-hydrogen) atoms. The zero-order chi connectivity index (χ0) is 13.5. The Labute approximate surface area is 120 Å². The van der Waals surface area contributed by atoms with Crippen LogP contribution in [0.1, 0.15) is 0 Å². The number of nitrogens with one attached hydrogen (secondary N) is 1. The molecular formula is C12H15IN2O3. The molecule has 1 aromatic rings. The maximum Gasteiger partial charge on any atom is 0.319 e. The second-order valence-corrected chi connectivity index (χ2v) is 5.05. The molecule has 0 heterocycles. The summed E-state index contributed by atoms with van der Waals surface area (Å²) in [5, 5.41) is 2.77. The minimum atomic E-state index is -0.362. The number of rotatable bonds is 5. The van der Waals surface area contributed by atoms with Crippen molar-refractivity contribution in [2.75, 3.05) is 32.6 Å². The predicted octanol–water partition coefficient (Wildman–Crippen LogP) is 1.33. The fourth-order valence-corrected chi connectivity index (χ4v) is 1.90. The number of anilines is 1. The number of carbonyl (C=O) groups is 2. The number of halogens is 1. The number of hydrogen-bond donors (Lipinski definition) is 1. The fraction of sp³-hybridized carbons (Fsp3) is 0.333. The number of carbonyl (C=O) groups excluding carboxylic acids is 2. The summed E-state index contributed by atoms with van der Waals surface area (Å²) in [4.78, 5) is 24.3. The minimum absolute atomic E-state index is 0.0935. The Bertz CT molecular complexity index is 437. The highest BCUT2D eigenvalue weighted by Gasteiger charge is 2.10. The number of methoxy groups -OCH3 is 1. The summed E-state index contributed by atoms with van der Waals surface area (Å²) >= 11 is 2.18. The van der Waals surface area contributed by atoms with Gasteiger partial charge in [-0.1, -0.05) is 6.07 Å². The van der Waals surface area contributed by atoms with Gasteiger partial charge in [0, 0.05) is 9.26 Å². The molecule has 0 saturated heterocycles. The molecule has 0 aliphatic carbocycles. The number of amides is 1. The minimum Gasteiger partial charge on any atom is -0.468 e. The number of likely N-dealkylation sites (N-methyl/N-ethyl adjacent to an activating group) is 1. The summed E-state index contributed by atoms with van der Waals surface area (Å²) in [5.41, 5.74) is 0.748. The lowest BCUT2D eigenvalue weighted by Gasteiger charge is -2.14. The largest absolute Gasteiger partial charge is 0.468 e. The number of nitrogens with zero attached hydrogens (tertiary/aromatic N) is 1. The van der Waals surface area contributed by atoms with Crippen molar-refractivity contribution in [2.45, 2.75) is 0 Å². The van der Waals surface area contributed by atoms with E-state index in [1.165, 1.54) is 7.11 Å². The molecule has 1 amide bonds. The zero-order valence-electron chi connectivity index (χ0n) is 10.3. The topological polar surface area (TPSA) is 58.6 Å². The Morgan fingerprint density at radius 2 is 2.11 bits per heavy atom. The average molecular weight is 362 g/mol. The van der Waals surface area contributed by atoms with E-state index in [0.717, 1.165) is 9.26 Å². The lowest BCUT2D eigenvalue weighted by Crippen LogP contribution is -2.34. The van der Waals surface area contributed by atoms with Gasteiger partial charge in [0.25, 0.3) is 0 Å². The number of benzene rings is 1. The highest BCUT2D eigenvalue weighted by Crippen LogP contribution is 2.12. The van der Waals surface area contributed by atoms with Crippen LogP contribution in [-0.4, -0.2) is 44.0 Å². The molecule has 98 valence electrons. The van der Waals surface area contributed by atoms with Crippen molar-refractivity contribution >= 4 is 40.2 Å². The van der Waals surface area contributed by atoms with Crippen molar-refractivity contribution in [3.63, 3.8) is 0 Å². The summed E-state index contributed by atoms with van der Waals surface area (Å²) in [6, 6.07) is 7.51. The van der Waals surface area contributed by atoms with Crippen LogP contribution in [0.3, 0.4) is 0 Å². The Morgan fingerprint density at radius 1 is 1.39 bits per heavy atom. The first kappa shape index (κ1) is 14.9. The number of hydrogen-bond acceptors (Lipinski definition) is 4. The Balaban J connectivity index is 2.44. The van der Waals surface area contributed by atoms with E-state index in [2.05, 4.69) is 32.6 Å². The van der Waals surface area contributed by atoms with Gasteiger partial charge < -0.3 is 10.1 Å². The predicted molar refractivity (Wildman–Crippen MR) is 77.3 cm³/mol. The molecule has 0 aliphatic rings. The van der Waals surface area contributed by atoms with Crippen molar-refractivity contribution < 1.29 is 14.3 Å². The van der Waals surface area contributed by atoms with Gasteiger partial charge in [-0.2, -0.15) is 0 Å². The van der Waals surface area contributed by atoms with E-state index in [1.54, 1.807) is 11.9 Å². The quantitative estimate of drug-likeness (QED) is 0.635. The van der Waals surface area contributed by atoms with Gasteiger partial charge in [0.1, 0.15) is 0 Å². The Morgan fingerprint density at radius 3 is 2.72 bits per heavy atom. The van der Waals surface area contributed by atoms with Crippen molar-refractivity contribution in [1.29, 1.82) is 0 Å². The molecule has 0 fully saturated rings. The molecule has 6 heteroatoms. The highest BCUT2D eigenvalue weighted by molar-refractivity contribution is 14.1. The second kappa shape index (κ2) is 7.32. The molecule has 0 radical (unpaired) electrons. The molecule has 0 spiro atoms. The lowest BCUT2D eigenvalue weighted by molar-refractivity contribution is -0.141. The summed E-state index contributed by atoms with van der Waals surface area (Å²) in [5.74, 6) is -0.525. The lowest BCUT2D eigenvalue weighted by atomic mass is 10.3. The van der Waals surface area contributed by atoms with Crippen LogP contribution in [-0.2, 0) is 14.3 Å². The Hall–Kier alpha value is -1.15. The van der Waals surface area contributed by atoms with Crippen LogP contribution in [0.25, 0.3) is 0 Å². The third kappa shape index (κ3) is 5.46. The van der Waals surface area contributed by atoms with E-state index in [1.807, 2.05) is 24.3 Å². The first-order chi connectivity index (χ1) is 8.51. The van der Waals surface area contributed by atoms with Crippen molar-refractivity contribution in [3.8, 4) is 0 Å².